The highest BCUT2D eigenvalue weighted by molar-refractivity contribution is 5.76. The van der Waals surface area contributed by atoms with Crippen LogP contribution < -0.4 is 0 Å². The Bertz CT molecular complexity index is 866. The first-order chi connectivity index (χ1) is 12.8. The second kappa shape index (κ2) is 7.38. The smallest absolute Gasteiger partial charge is 0.246 e. The summed E-state index contributed by atoms with van der Waals surface area (Å²) in [5, 5.41) is 12.4. The third kappa shape index (κ3) is 3.58. The van der Waals surface area contributed by atoms with Gasteiger partial charge in [0.15, 0.2) is 0 Å². The van der Waals surface area contributed by atoms with Crippen LogP contribution in [0, 0.1) is 0 Å². The summed E-state index contributed by atoms with van der Waals surface area (Å²) in [5.74, 6) is 0.774. The Balaban J connectivity index is 1.41. The summed E-state index contributed by atoms with van der Waals surface area (Å²) in [4.78, 5) is 24.2. The number of amides is 1. The van der Waals surface area contributed by atoms with E-state index in [1.807, 2.05) is 41.3 Å². The normalized spacial score (nSPS) is 17.2. The van der Waals surface area contributed by atoms with Gasteiger partial charge in [0.2, 0.25) is 11.7 Å². The van der Waals surface area contributed by atoms with E-state index in [4.69, 9.17) is 0 Å². The quantitative estimate of drug-likeness (QED) is 0.710. The predicted molar refractivity (Wildman–Crippen MR) is 93.8 cm³/mol. The zero-order valence-electron chi connectivity index (χ0n) is 14.3. The number of benzene rings is 1. The van der Waals surface area contributed by atoms with Crippen molar-refractivity contribution in [2.24, 2.45) is 0 Å². The van der Waals surface area contributed by atoms with Crippen molar-refractivity contribution in [2.45, 2.75) is 25.3 Å². The minimum atomic E-state index is 0.000711. The fourth-order valence-electron chi connectivity index (χ4n) is 3.22. The highest BCUT2D eigenvalue weighted by Crippen LogP contribution is 2.25. The van der Waals surface area contributed by atoms with Crippen LogP contribution in [0.1, 0.15) is 24.5 Å². The van der Waals surface area contributed by atoms with E-state index in [1.165, 1.54) is 4.80 Å². The van der Waals surface area contributed by atoms with Gasteiger partial charge in [-0.2, -0.15) is 4.80 Å². The van der Waals surface area contributed by atoms with Gasteiger partial charge in [-0.05, 0) is 24.1 Å². The van der Waals surface area contributed by atoms with Crippen LogP contribution in [0.15, 0.2) is 48.9 Å². The summed E-state index contributed by atoms with van der Waals surface area (Å²) < 4.78 is 0. The van der Waals surface area contributed by atoms with Crippen molar-refractivity contribution >= 4 is 5.91 Å². The summed E-state index contributed by atoms with van der Waals surface area (Å²) in [5.41, 5.74) is 1.87. The van der Waals surface area contributed by atoms with Crippen molar-refractivity contribution in [1.82, 2.24) is 35.1 Å². The van der Waals surface area contributed by atoms with Crippen molar-refractivity contribution in [2.75, 3.05) is 13.1 Å². The first-order valence-electron chi connectivity index (χ1n) is 8.66. The van der Waals surface area contributed by atoms with Crippen LogP contribution in [0.25, 0.3) is 11.4 Å². The molecular weight excluding hydrogens is 330 g/mol. The Morgan fingerprint density at radius 1 is 1.19 bits per heavy atom. The van der Waals surface area contributed by atoms with E-state index in [1.54, 1.807) is 12.5 Å². The zero-order chi connectivity index (χ0) is 17.8. The summed E-state index contributed by atoms with van der Waals surface area (Å²) in [6, 6.07) is 11.5. The van der Waals surface area contributed by atoms with Crippen LogP contribution in [-0.4, -0.2) is 54.1 Å². The molecule has 1 aromatic carbocycles. The van der Waals surface area contributed by atoms with E-state index >= 15 is 0 Å². The molecule has 1 unspecified atom stereocenters. The number of piperidine rings is 1. The Morgan fingerprint density at radius 2 is 2.08 bits per heavy atom. The lowest BCUT2D eigenvalue weighted by molar-refractivity contribution is -0.133. The highest BCUT2D eigenvalue weighted by atomic mass is 16.2. The second-order valence-electron chi connectivity index (χ2n) is 6.32. The molecule has 0 bridgehead atoms. The van der Waals surface area contributed by atoms with Crippen LogP contribution in [-0.2, 0) is 11.3 Å². The van der Waals surface area contributed by atoms with Crippen molar-refractivity contribution < 1.29 is 4.79 Å². The molecule has 8 nitrogen and oxygen atoms in total. The first-order valence-corrected chi connectivity index (χ1v) is 8.66. The number of nitrogens with zero attached hydrogens (tertiary/aromatic N) is 7. The maximum atomic E-state index is 12.7. The van der Waals surface area contributed by atoms with Crippen LogP contribution in [0.2, 0.25) is 0 Å². The number of tetrazole rings is 1. The largest absolute Gasteiger partial charge is 0.340 e. The summed E-state index contributed by atoms with van der Waals surface area (Å²) in [6.45, 7) is 1.51. The standard InChI is InChI=1S/C18H19N7O/c26-17(12-25-22-18(21-23-25)14-5-2-1-3-6-14)24-10-4-7-15(11-24)16-8-9-19-13-20-16/h1-3,5-6,8-9,13,15H,4,7,10-12H2. The van der Waals surface area contributed by atoms with Crippen LogP contribution in [0.3, 0.4) is 0 Å². The Morgan fingerprint density at radius 3 is 2.88 bits per heavy atom. The monoisotopic (exact) mass is 349 g/mol. The van der Waals surface area contributed by atoms with E-state index in [9.17, 15) is 4.79 Å². The maximum Gasteiger partial charge on any atom is 0.246 e. The molecule has 1 atom stereocenters. The lowest BCUT2D eigenvalue weighted by Crippen LogP contribution is -2.41. The van der Waals surface area contributed by atoms with Gasteiger partial charge in [-0.3, -0.25) is 4.79 Å². The fraction of sp³-hybridized carbons (Fsp3) is 0.333. The summed E-state index contributed by atoms with van der Waals surface area (Å²) in [7, 11) is 0. The predicted octanol–water partition coefficient (Wildman–Crippen LogP) is 1.54. The topological polar surface area (TPSA) is 89.7 Å². The third-order valence-electron chi connectivity index (χ3n) is 4.56. The van der Waals surface area contributed by atoms with E-state index in [0.717, 1.165) is 30.6 Å². The molecule has 2 aromatic heterocycles. The number of hydrogen-bond acceptors (Lipinski definition) is 6. The van der Waals surface area contributed by atoms with Gasteiger partial charge in [0.1, 0.15) is 12.9 Å². The van der Waals surface area contributed by atoms with Gasteiger partial charge < -0.3 is 4.90 Å². The minimum Gasteiger partial charge on any atom is -0.340 e. The molecule has 0 spiro atoms. The molecule has 0 N–H and O–H groups in total. The molecule has 1 aliphatic rings. The minimum absolute atomic E-state index is 0.000711. The molecule has 1 fully saturated rings. The Kier molecular flexibility index (Phi) is 4.63. The van der Waals surface area contributed by atoms with Gasteiger partial charge >= 0.3 is 0 Å². The second-order valence-corrected chi connectivity index (χ2v) is 6.32. The fourth-order valence-corrected chi connectivity index (χ4v) is 3.22. The SMILES string of the molecule is O=C(Cn1nnc(-c2ccccc2)n1)N1CCCC(c2ccncn2)C1. The molecule has 0 aliphatic carbocycles. The number of rotatable bonds is 4. The number of aromatic nitrogens is 6. The van der Waals surface area contributed by atoms with E-state index in [2.05, 4.69) is 25.4 Å². The molecule has 1 aliphatic heterocycles. The third-order valence-corrected chi connectivity index (χ3v) is 4.56. The van der Waals surface area contributed by atoms with E-state index in [0.29, 0.717) is 12.4 Å². The van der Waals surface area contributed by atoms with Crippen LogP contribution >= 0.6 is 0 Å². The number of hydrogen-bond donors (Lipinski definition) is 0. The van der Waals surface area contributed by atoms with E-state index in [-0.39, 0.29) is 18.4 Å². The number of likely N-dealkylation sites (tertiary alicyclic amines) is 1. The highest BCUT2D eigenvalue weighted by Gasteiger charge is 2.26. The van der Waals surface area contributed by atoms with Gasteiger partial charge in [-0.25, -0.2) is 9.97 Å². The summed E-state index contributed by atoms with van der Waals surface area (Å²) >= 11 is 0. The lowest BCUT2D eigenvalue weighted by atomic mass is 9.94. The zero-order valence-corrected chi connectivity index (χ0v) is 14.3. The average molecular weight is 349 g/mol. The molecule has 0 radical (unpaired) electrons. The molecular formula is C18H19N7O. The maximum absolute atomic E-state index is 12.7. The summed E-state index contributed by atoms with van der Waals surface area (Å²) in [6.07, 6.45) is 5.29. The number of carbonyl (C=O) groups excluding carboxylic acids is 1. The molecule has 1 saturated heterocycles. The van der Waals surface area contributed by atoms with Gasteiger partial charge in [0.05, 0.1) is 0 Å². The van der Waals surface area contributed by atoms with Gasteiger partial charge in [0.25, 0.3) is 0 Å². The van der Waals surface area contributed by atoms with Crippen LogP contribution in [0.5, 0.6) is 0 Å². The molecule has 1 amide bonds. The molecule has 0 saturated carbocycles. The molecule has 26 heavy (non-hydrogen) atoms. The van der Waals surface area contributed by atoms with Gasteiger partial charge in [-0.15, -0.1) is 10.2 Å². The van der Waals surface area contributed by atoms with Gasteiger partial charge in [0, 0.05) is 36.5 Å². The lowest BCUT2D eigenvalue weighted by Gasteiger charge is -2.32. The number of carbonyl (C=O) groups is 1. The molecule has 3 aromatic rings. The van der Waals surface area contributed by atoms with Gasteiger partial charge in [-0.1, -0.05) is 30.3 Å². The molecule has 3 heterocycles. The molecule has 132 valence electrons. The first kappa shape index (κ1) is 16.3. The van der Waals surface area contributed by atoms with E-state index < -0.39 is 0 Å². The van der Waals surface area contributed by atoms with Crippen molar-refractivity contribution in [3.8, 4) is 11.4 Å². The van der Waals surface area contributed by atoms with Crippen molar-refractivity contribution in [3.63, 3.8) is 0 Å². The Labute approximate surface area is 150 Å². The van der Waals surface area contributed by atoms with Crippen molar-refractivity contribution in [1.29, 1.82) is 0 Å². The molecule has 4 rings (SSSR count). The Hall–Kier alpha value is -3.16. The van der Waals surface area contributed by atoms with Crippen molar-refractivity contribution in [3.05, 3.63) is 54.6 Å². The molecule has 8 heteroatoms. The average Bonchev–Trinajstić information content (AvgIpc) is 3.18. The van der Waals surface area contributed by atoms with Crippen LogP contribution in [0.4, 0.5) is 0 Å².